The molecule has 1 aromatic carbocycles. The van der Waals surface area contributed by atoms with Gasteiger partial charge in [0.1, 0.15) is 17.3 Å². The fraction of sp³-hybridized carbons (Fsp3) is 0.143. The lowest BCUT2D eigenvalue weighted by Crippen LogP contribution is -2.24. The molecule has 0 aliphatic carbocycles. The van der Waals surface area contributed by atoms with Crippen LogP contribution in [0, 0.1) is 12.7 Å². The van der Waals surface area contributed by atoms with Gasteiger partial charge in [0.05, 0.1) is 16.9 Å². The van der Waals surface area contributed by atoms with Gasteiger partial charge in [-0.2, -0.15) is 0 Å². The summed E-state index contributed by atoms with van der Waals surface area (Å²) in [4.78, 5) is 20.1. The molecule has 1 heterocycles. The van der Waals surface area contributed by atoms with Gasteiger partial charge in [0.25, 0.3) is 5.91 Å². The van der Waals surface area contributed by atoms with Crippen LogP contribution in [0.1, 0.15) is 27.6 Å². The van der Waals surface area contributed by atoms with Gasteiger partial charge in [-0.25, -0.2) is 14.4 Å². The van der Waals surface area contributed by atoms with Crippen molar-refractivity contribution < 1.29 is 14.4 Å². The summed E-state index contributed by atoms with van der Waals surface area (Å²) in [6.45, 7) is 1.79. The van der Waals surface area contributed by atoms with Crippen LogP contribution in [0.4, 0.5) is 4.39 Å². The van der Waals surface area contributed by atoms with Gasteiger partial charge in [-0.15, -0.1) is 0 Å². The summed E-state index contributed by atoms with van der Waals surface area (Å²) in [7, 11) is 0. The maximum absolute atomic E-state index is 13.1. The molecule has 2 aromatic rings. The van der Waals surface area contributed by atoms with Gasteiger partial charge < -0.3 is 10.5 Å². The van der Waals surface area contributed by atoms with E-state index in [0.717, 1.165) is 6.21 Å². The normalized spacial score (nSPS) is 10.9. The molecule has 0 saturated carbocycles. The van der Waals surface area contributed by atoms with Crippen LogP contribution in [-0.2, 0) is 6.54 Å². The molecule has 0 fully saturated rings. The number of hydrogen-bond donors (Lipinski definition) is 2. The monoisotopic (exact) mass is 322 g/mol. The first-order valence-electron chi connectivity index (χ1n) is 6.25. The number of rotatable bonds is 4. The summed E-state index contributed by atoms with van der Waals surface area (Å²) in [5.74, 6) is -0.581. The number of carbonyl (C=O) groups is 1. The average Bonchev–Trinajstić information content (AvgIpc) is 2.48. The number of aromatic nitrogens is 2. The summed E-state index contributed by atoms with van der Waals surface area (Å²) in [5, 5.41) is 14.0. The zero-order chi connectivity index (χ0) is 16.1. The fourth-order valence-electron chi connectivity index (χ4n) is 1.75. The molecule has 2 rings (SSSR count). The zero-order valence-corrected chi connectivity index (χ0v) is 12.3. The first-order valence-corrected chi connectivity index (χ1v) is 6.62. The highest BCUT2D eigenvalue weighted by Crippen LogP contribution is 2.15. The molecule has 0 unspecified atom stereocenters. The minimum Gasteiger partial charge on any atom is -0.411 e. The molecule has 114 valence electrons. The number of amides is 1. The predicted octanol–water partition coefficient (Wildman–Crippen LogP) is 2.32. The molecule has 0 aliphatic rings. The molecule has 0 saturated heterocycles. The second-order valence-corrected chi connectivity index (χ2v) is 4.81. The lowest BCUT2D eigenvalue weighted by atomic mass is 10.2. The predicted molar refractivity (Wildman–Crippen MR) is 78.7 cm³/mol. The molecule has 0 bridgehead atoms. The van der Waals surface area contributed by atoms with Crippen molar-refractivity contribution in [3.63, 3.8) is 0 Å². The standard InChI is InChI=1S/C14H12ClFN4O2/c1-8-19-10(7-18-22)5-13(20-8)14(21)17-6-9-2-3-12(16)11(15)4-9/h2-5,7,22H,6H2,1H3,(H,17,21)/b18-7+. The number of oxime groups is 1. The van der Waals surface area contributed by atoms with Crippen LogP contribution in [0.25, 0.3) is 0 Å². The molecule has 0 aliphatic heterocycles. The Labute approximate surface area is 130 Å². The number of benzene rings is 1. The summed E-state index contributed by atoms with van der Waals surface area (Å²) in [6, 6.07) is 5.58. The maximum Gasteiger partial charge on any atom is 0.270 e. The third kappa shape index (κ3) is 3.98. The van der Waals surface area contributed by atoms with Gasteiger partial charge in [-0.3, -0.25) is 4.79 Å². The van der Waals surface area contributed by atoms with Crippen molar-refractivity contribution >= 4 is 23.7 Å². The van der Waals surface area contributed by atoms with Crippen LogP contribution in [-0.4, -0.2) is 27.3 Å². The van der Waals surface area contributed by atoms with E-state index in [2.05, 4.69) is 20.4 Å². The molecular weight excluding hydrogens is 311 g/mol. The maximum atomic E-state index is 13.1. The molecule has 22 heavy (non-hydrogen) atoms. The third-order valence-electron chi connectivity index (χ3n) is 2.72. The Morgan fingerprint density at radius 3 is 2.91 bits per heavy atom. The topological polar surface area (TPSA) is 87.5 Å². The molecule has 0 spiro atoms. The zero-order valence-electron chi connectivity index (χ0n) is 11.5. The van der Waals surface area contributed by atoms with Gasteiger partial charge >= 0.3 is 0 Å². The SMILES string of the molecule is Cc1nc(/C=N/O)cc(C(=O)NCc2ccc(F)c(Cl)c2)n1. The highest BCUT2D eigenvalue weighted by atomic mass is 35.5. The van der Waals surface area contributed by atoms with E-state index < -0.39 is 11.7 Å². The van der Waals surface area contributed by atoms with E-state index in [1.54, 1.807) is 6.92 Å². The van der Waals surface area contributed by atoms with Gasteiger partial charge in [-0.1, -0.05) is 22.8 Å². The lowest BCUT2D eigenvalue weighted by Gasteiger charge is -2.07. The first-order chi connectivity index (χ1) is 10.5. The van der Waals surface area contributed by atoms with Crippen molar-refractivity contribution in [3.8, 4) is 0 Å². The Kier molecular flexibility index (Phi) is 5.00. The van der Waals surface area contributed by atoms with Crippen molar-refractivity contribution in [2.24, 2.45) is 5.16 Å². The van der Waals surface area contributed by atoms with Gasteiger partial charge in [0.2, 0.25) is 0 Å². The Morgan fingerprint density at radius 2 is 2.23 bits per heavy atom. The van der Waals surface area contributed by atoms with E-state index in [-0.39, 0.29) is 17.3 Å². The summed E-state index contributed by atoms with van der Waals surface area (Å²) in [5.41, 5.74) is 1.10. The number of nitrogens with zero attached hydrogens (tertiary/aromatic N) is 3. The average molecular weight is 323 g/mol. The van der Waals surface area contributed by atoms with Crippen molar-refractivity contribution in [2.75, 3.05) is 0 Å². The largest absolute Gasteiger partial charge is 0.411 e. The minimum atomic E-state index is -0.517. The summed E-state index contributed by atoms with van der Waals surface area (Å²) >= 11 is 5.68. The van der Waals surface area contributed by atoms with Crippen LogP contribution in [0.3, 0.4) is 0 Å². The van der Waals surface area contributed by atoms with Crippen molar-refractivity contribution in [3.05, 3.63) is 57.9 Å². The molecule has 6 nitrogen and oxygen atoms in total. The second kappa shape index (κ2) is 6.95. The van der Waals surface area contributed by atoms with Crippen LogP contribution in [0.5, 0.6) is 0 Å². The van der Waals surface area contributed by atoms with E-state index in [4.69, 9.17) is 16.8 Å². The second-order valence-electron chi connectivity index (χ2n) is 4.40. The van der Waals surface area contributed by atoms with Crippen molar-refractivity contribution in [2.45, 2.75) is 13.5 Å². The van der Waals surface area contributed by atoms with Gasteiger partial charge in [0.15, 0.2) is 0 Å². The highest BCUT2D eigenvalue weighted by Gasteiger charge is 2.10. The van der Waals surface area contributed by atoms with Crippen molar-refractivity contribution in [1.82, 2.24) is 15.3 Å². The highest BCUT2D eigenvalue weighted by molar-refractivity contribution is 6.30. The van der Waals surface area contributed by atoms with E-state index in [1.165, 1.54) is 24.3 Å². The molecule has 0 radical (unpaired) electrons. The van der Waals surface area contributed by atoms with Gasteiger partial charge in [-0.05, 0) is 30.7 Å². The number of nitrogens with one attached hydrogen (secondary N) is 1. The molecule has 1 amide bonds. The van der Waals surface area contributed by atoms with Crippen LogP contribution in [0.2, 0.25) is 5.02 Å². The number of aryl methyl sites for hydroxylation is 1. The Bertz CT molecular complexity index is 737. The minimum absolute atomic E-state index is 0.00827. The van der Waals surface area contributed by atoms with Crippen LogP contribution < -0.4 is 5.32 Å². The van der Waals surface area contributed by atoms with E-state index >= 15 is 0 Å². The Hall–Kier alpha value is -2.54. The molecular formula is C14H12ClFN4O2. The lowest BCUT2D eigenvalue weighted by molar-refractivity contribution is 0.0945. The molecule has 2 N–H and O–H groups in total. The number of halogens is 2. The Morgan fingerprint density at radius 1 is 1.45 bits per heavy atom. The van der Waals surface area contributed by atoms with Crippen LogP contribution >= 0.6 is 11.6 Å². The van der Waals surface area contributed by atoms with E-state index in [9.17, 15) is 9.18 Å². The quantitative estimate of drug-likeness (QED) is 0.513. The smallest absolute Gasteiger partial charge is 0.270 e. The first kappa shape index (κ1) is 15.8. The molecule has 8 heteroatoms. The fourth-order valence-corrected chi connectivity index (χ4v) is 1.96. The third-order valence-corrected chi connectivity index (χ3v) is 3.01. The molecule has 1 aromatic heterocycles. The van der Waals surface area contributed by atoms with E-state index in [1.807, 2.05) is 0 Å². The van der Waals surface area contributed by atoms with Gasteiger partial charge in [0, 0.05) is 6.54 Å². The van der Waals surface area contributed by atoms with Crippen LogP contribution in [0.15, 0.2) is 29.4 Å². The van der Waals surface area contributed by atoms with E-state index in [0.29, 0.717) is 17.1 Å². The molecule has 0 atom stereocenters. The summed E-state index contributed by atoms with van der Waals surface area (Å²) < 4.78 is 13.1. The summed E-state index contributed by atoms with van der Waals surface area (Å²) in [6.07, 6.45) is 1.10. The number of hydrogen-bond acceptors (Lipinski definition) is 5. The Balaban J connectivity index is 2.10. The van der Waals surface area contributed by atoms with Crippen molar-refractivity contribution in [1.29, 1.82) is 0 Å². The number of carbonyl (C=O) groups excluding carboxylic acids is 1.